The Hall–Kier alpha value is -0.530. The van der Waals surface area contributed by atoms with Crippen molar-refractivity contribution in [2.45, 2.75) is 77.3 Å². The fourth-order valence-corrected chi connectivity index (χ4v) is 2.22. The van der Waals surface area contributed by atoms with E-state index in [0.29, 0.717) is 12.1 Å². The van der Waals surface area contributed by atoms with E-state index in [1.54, 1.807) is 0 Å². The molecular formula is C13H26N2. The quantitative estimate of drug-likeness (QED) is 0.609. The lowest BCUT2D eigenvalue weighted by Crippen LogP contribution is -2.31. The Labute approximate surface area is 94.6 Å². The molecule has 0 fully saturated rings. The van der Waals surface area contributed by atoms with E-state index in [2.05, 4.69) is 24.2 Å². The van der Waals surface area contributed by atoms with Gasteiger partial charge in [-0.25, -0.2) is 0 Å². The fraction of sp³-hybridized carbons (Fsp3) is 0.923. The second kappa shape index (κ2) is 7.72. The SMILES string of the molecule is CCCCCC1N=CNC1CCCCC. The van der Waals surface area contributed by atoms with Crippen molar-refractivity contribution in [1.82, 2.24) is 5.32 Å². The summed E-state index contributed by atoms with van der Waals surface area (Å²) < 4.78 is 0. The Morgan fingerprint density at radius 3 is 2.33 bits per heavy atom. The third-order valence-electron chi connectivity index (χ3n) is 3.24. The third kappa shape index (κ3) is 4.67. The summed E-state index contributed by atoms with van der Waals surface area (Å²) in [6.07, 6.45) is 12.5. The number of aliphatic imine (C=N–C) groups is 1. The Morgan fingerprint density at radius 1 is 1.00 bits per heavy atom. The predicted molar refractivity (Wildman–Crippen MR) is 67.5 cm³/mol. The Balaban J connectivity index is 2.14. The van der Waals surface area contributed by atoms with Crippen LogP contribution in [0.1, 0.15) is 65.2 Å². The van der Waals surface area contributed by atoms with Crippen molar-refractivity contribution < 1.29 is 0 Å². The van der Waals surface area contributed by atoms with Crippen molar-refractivity contribution in [1.29, 1.82) is 0 Å². The molecule has 0 aromatic heterocycles. The van der Waals surface area contributed by atoms with Gasteiger partial charge in [-0.1, -0.05) is 52.4 Å². The molecule has 0 aliphatic carbocycles. The summed E-state index contributed by atoms with van der Waals surface area (Å²) in [6.45, 7) is 4.52. The number of rotatable bonds is 8. The summed E-state index contributed by atoms with van der Waals surface area (Å²) in [5.74, 6) is 0. The summed E-state index contributed by atoms with van der Waals surface area (Å²) in [4.78, 5) is 4.53. The molecule has 0 saturated carbocycles. The van der Waals surface area contributed by atoms with Gasteiger partial charge in [-0.15, -0.1) is 0 Å². The summed E-state index contributed by atoms with van der Waals surface area (Å²) in [6, 6.07) is 1.20. The van der Waals surface area contributed by atoms with Gasteiger partial charge in [-0.05, 0) is 12.8 Å². The van der Waals surface area contributed by atoms with E-state index in [1.165, 1.54) is 51.4 Å². The lowest BCUT2D eigenvalue weighted by atomic mass is 9.98. The molecule has 88 valence electrons. The highest BCUT2D eigenvalue weighted by molar-refractivity contribution is 5.58. The van der Waals surface area contributed by atoms with Crippen LogP contribution >= 0.6 is 0 Å². The van der Waals surface area contributed by atoms with E-state index < -0.39 is 0 Å². The summed E-state index contributed by atoms with van der Waals surface area (Å²) in [5.41, 5.74) is 0. The van der Waals surface area contributed by atoms with Gasteiger partial charge in [-0.2, -0.15) is 0 Å². The molecule has 0 aromatic rings. The van der Waals surface area contributed by atoms with Crippen molar-refractivity contribution in [2.24, 2.45) is 4.99 Å². The number of hydrogen-bond acceptors (Lipinski definition) is 2. The van der Waals surface area contributed by atoms with Gasteiger partial charge in [0, 0.05) is 6.04 Å². The summed E-state index contributed by atoms with van der Waals surface area (Å²) in [5, 5.41) is 3.40. The van der Waals surface area contributed by atoms with Crippen molar-refractivity contribution >= 4 is 6.34 Å². The predicted octanol–water partition coefficient (Wildman–Crippen LogP) is 3.52. The van der Waals surface area contributed by atoms with Gasteiger partial charge in [0.15, 0.2) is 0 Å². The largest absolute Gasteiger partial charge is 0.372 e. The van der Waals surface area contributed by atoms with Gasteiger partial charge >= 0.3 is 0 Å². The van der Waals surface area contributed by atoms with Crippen molar-refractivity contribution in [3.05, 3.63) is 0 Å². The molecule has 2 heteroatoms. The molecule has 0 spiro atoms. The third-order valence-corrected chi connectivity index (χ3v) is 3.24. The minimum atomic E-state index is 0.563. The molecule has 1 N–H and O–H groups in total. The van der Waals surface area contributed by atoms with E-state index in [-0.39, 0.29) is 0 Å². The number of nitrogens with zero attached hydrogens (tertiary/aromatic N) is 1. The Kier molecular flexibility index (Phi) is 6.45. The van der Waals surface area contributed by atoms with Crippen LogP contribution in [0.3, 0.4) is 0 Å². The molecule has 1 rings (SSSR count). The monoisotopic (exact) mass is 210 g/mol. The number of unbranched alkanes of at least 4 members (excludes halogenated alkanes) is 4. The van der Waals surface area contributed by atoms with Crippen LogP contribution in [0.25, 0.3) is 0 Å². The van der Waals surface area contributed by atoms with Crippen LogP contribution in [0.4, 0.5) is 0 Å². The first kappa shape index (κ1) is 12.5. The Morgan fingerprint density at radius 2 is 1.67 bits per heavy atom. The lowest BCUT2D eigenvalue weighted by Gasteiger charge is -2.18. The average molecular weight is 210 g/mol. The smallest absolute Gasteiger partial charge is 0.0831 e. The van der Waals surface area contributed by atoms with Gasteiger partial charge in [0.1, 0.15) is 0 Å². The molecule has 15 heavy (non-hydrogen) atoms. The molecular weight excluding hydrogens is 184 g/mol. The van der Waals surface area contributed by atoms with Crippen LogP contribution in [0.5, 0.6) is 0 Å². The average Bonchev–Trinajstić information content (AvgIpc) is 2.67. The minimum Gasteiger partial charge on any atom is -0.372 e. The molecule has 1 heterocycles. The first-order valence-electron chi connectivity index (χ1n) is 6.66. The van der Waals surface area contributed by atoms with Gasteiger partial charge in [-0.3, -0.25) is 4.99 Å². The zero-order chi connectivity index (χ0) is 10.9. The Bertz CT molecular complexity index is 177. The zero-order valence-electron chi connectivity index (χ0n) is 10.3. The molecule has 0 amide bonds. The highest BCUT2D eigenvalue weighted by Crippen LogP contribution is 2.17. The second-order valence-corrected chi connectivity index (χ2v) is 4.61. The van der Waals surface area contributed by atoms with Crippen LogP contribution in [0.2, 0.25) is 0 Å². The maximum atomic E-state index is 4.53. The van der Waals surface area contributed by atoms with E-state index in [9.17, 15) is 0 Å². The minimum absolute atomic E-state index is 0.563. The van der Waals surface area contributed by atoms with Gasteiger partial charge in [0.25, 0.3) is 0 Å². The molecule has 0 aromatic carbocycles. The molecule has 1 aliphatic heterocycles. The lowest BCUT2D eigenvalue weighted by molar-refractivity contribution is 0.437. The van der Waals surface area contributed by atoms with Gasteiger partial charge in [0.05, 0.1) is 12.4 Å². The van der Waals surface area contributed by atoms with Gasteiger partial charge in [0.2, 0.25) is 0 Å². The van der Waals surface area contributed by atoms with Gasteiger partial charge < -0.3 is 5.32 Å². The fourth-order valence-electron chi connectivity index (χ4n) is 2.22. The maximum absolute atomic E-state index is 4.53. The normalized spacial score (nSPS) is 24.4. The molecule has 1 aliphatic rings. The highest BCUT2D eigenvalue weighted by atomic mass is 15.1. The van der Waals surface area contributed by atoms with Crippen LogP contribution < -0.4 is 5.32 Å². The number of nitrogens with one attached hydrogen (secondary N) is 1. The number of hydrogen-bond donors (Lipinski definition) is 1. The van der Waals surface area contributed by atoms with Crippen molar-refractivity contribution in [2.75, 3.05) is 0 Å². The first-order chi connectivity index (χ1) is 7.38. The first-order valence-corrected chi connectivity index (χ1v) is 6.66. The van der Waals surface area contributed by atoms with Crippen LogP contribution in [0, 0.1) is 0 Å². The van der Waals surface area contributed by atoms with E-state index in [1.807, 2.05) is 6.34 Å². The van der Waals surface area contributed by atoms with E-state index in [0.717, 1.165) is 0 Å². The van der Waals surface area contributed by atoms with E-state index >= 15 is 0 Å². The summed E-state index contributed by atoms with van der Waals surface area (Å²) >= 11 is 0. The molecule has 0 radical (unpaired) electrons. The van der Waals surface area contributed by atoms with Crippen molar-refractivity contribution in [3.63, 3.8) is 0 Å². The topological polar surface area (TPSA) is 24.4 Å². The van der Waals surface area contributed by atoms with Crippen LogP contribution in [0.15, 0.2) is 4.99 Å². The van der Waals surface area contributed by atoms with E-state index in [4.69, 9.17) is 0 Å². The molecule has 2 nitrogen and oxygen atoms in total. The second-order valence-electron chi connectivity index (χ2n) is 4.61. The molecule has 0 saturated heterocycles. The van der Waals surface area contributed by atoms with Crippen LogP contribution in [-0.2, 0) is 0 Å². The van der Waals surface area contributed by atoms with Crippen molar-refractivity contribution in [3.8, 4) is 0 Å². The zero-order valence-corrected chi connectivity index (χ0v) is 10.3. The molecule has 2 atom stereocenters. The maximum Gasteiger partial charge on any atom is 0.0831 e. The van der Waals surface area contributed by atoms with Crippen LogP contribution in [-0.4, -0.2) is 18.4 Å². The summed E-state index contributed by atoms with van der Waals surface area (Å²) in [7, 11) is 0. The molecule has 2 unspecified atom stereocenters. The highest BCUT2D eigenvalue weighted by Gasteiger charge is 2.22. The molecule has 0 bridgehead atoms. The standard InChI is InChI=1S/C13H26N2/c1-3-5-7-9-12-13(15-11-14-12)10-8-6-4-2/h11-13H,3-10H2,1-2H3,(H,14,15).